The topological polar surface area (TPSA) is 48.1 Å². The second-order valence-electron chi connectivity index (χ2n) is 5.73. The number of aryl methyl sites for hydroxylation is 1. The van der Waals surface area contributed by atoms with Crippen LogP contribution in [0.3, 0.4) is 0 Å². The number of hydrogen-bond acceptors (Lipinski definition) is 3. The van der Waals surface area contributed by atoms with Gasteiger partial charge in [-0.25, -0.2) is 4.98 Å². The summed E-state index contributed by atoms with van der Waals surface area (Å²) >= 11 is 0. The van der Waals surface area contributed by atoms with Gasteiger partial charge in [0.05, 0.1) is 5.69 Å². The van der Waals surface area contributed by atoms with E-state index in [-0.39, 0.29) is 5.41 Å². The molecular weight excluding hydrogens is 236 g/mol. The molecule has 0 fully saturated rings. The van der Waals surface area contributed by atoms with E-state index in [0.717, 1.165) is 11.3 Å². The van der Waals surface area contributed by atoms with Gasteiger partial charge in [0, 0.05) is 6.20 Å². The van der Waals surface area contributed by atoms with Crippen LogP contribution in [0.25, 0.3) is 0 Å². The number of benzene rings is 1. The monoisotopic (exact) mass is 256 g/mol. The molecule has 3 nitrogen and oxygen atoms in total. The van der Waals surface area contributed by atoms with Crippen molar-refractivity contribution in [1.29, 1.82) is 0 Å². The minimum absolute atomic E-state index is 0.0882. The minimum Gasteiger partial charge on any atom is -0.437 e. The van der Waals surface area contributed by atoms with Gasteiger partial charge in [0.15, 0.2) is 0 Å². The number of aromatic nitrogens is 1. The van der Waals surface area contributed by atoms with E-state index in [0.29, 0.717) is 11.6 Å². The van der Waals surface area contributed by atoms with Gasteiger partial charge in [-0.05, 0) is 41.7 Å². The van der Waals surface area contributed by atoms with Crippen molar-refractivity contribution in [2.24, 2.45) is 0 Å². The van der Waals surface area contributed by atoms with E-state index < -0.39 is 0 Å². The number of ether oxygens (including phenoxy) is 1. The summed E-state index contributed by atoms with van der Waals surface area (Å²) in [5, 5.41) is 0. The van der Waals surface area contributed by atoms with Crippen molar-refractivity contribution >= 4 is 5.69 Å². The molecule has 0 amide bonds. The molecule has 19 heavy (non-hydrogen) atoms. The van der Waals surface area contributed by atoms with Gasteiger partial charge in [-0.2, -0.15) is 0 Å². The Balaban J connectivity index is 2.31. The van der Waals surface area contributed by atoms with E-state index in [4.69, 9.17) is 10.5 Å². The zero-order valence-electron chi connectivity index (χ0n) is 11.9. The van der Waals surface area contributed by atoms with Gasteiger partial charge in [-0.1, -0.05) is 32.9 Å². The lowest BCUT2D eigenvalue weighted by Gasteiger charge is -2.19. The van der Waals surface area contributed by atoms with E-state index >= 15 is 0 Å². The van der Waals surface area contributed by atoms with Crippen molar-refractivity contribution in [1.82, 2.24) is 4.98 Å². The summed E-state index contributed by atoms with van der Waals surface area (Å²) in [6, 6.07) is 9.90. The third-order valence-corrected chi connectivity index (χ3v) is 3.09. The Hall–Kier alpha value is -2.03. The number of nitrogens with zero attached hydrogens (tertiary/aromatic N) is 1. The zero-order valence-corrected chi connectivity index (χ0v) is 11.9. The van der Waals surface area contributed by atoms with Crippen LogP contribution in [-0.4, -0.2) is 4.98 Å². The largest absolute Gasteiger partial charge is 0.437 e. The molecule has 0 aliphatic rings. The molecule has 0 saturated heterocycles. The second-order valence-corrected chi connectivity index (χ2v) is 5.73. The van der Waals surface area contributed by atoms with Gasteiger partial charge < -0.3 is 10.5 Å². The van der Waals surface area contributed by atoms with E-state index in [1.165, 1.54) is 5.56 Å². The highest BCUT2D eigenvalue weighted by Crippen LogP contribution is 2.30. The smallest absolute Gasteiger partial charge is 0.242 e. The van der Waals surface area contributed by atoms with Gasteiger partial charge in [0.2, 0.25) is 5.88 Å². The van der Waals surface area contributed by atoms with E-state index in [1.54, 1.807) is 6.20 Å². The quantitative estimate of drug-likeness (QED) is 0.881. The molecule has 2 N–H and O–H groups in total. The van der Waals surface area contributed by atoms with Gasteiger partial charge in [-0.15, -0.1) is 0 Å². The second kappa shape index (κ2) is 4.92. The van der Waals surface area contributed by atoms with Crippen molar-refractivity contribution in [3.05, 3.63) is 47.7 Å². The van der Waals surface area contributed by atoms with E-state index in [9.17, 15) is 0 Å². The van der Waals surface area contributed by atoms with Crippen molar-refractivity contribution in [3.63, 3.8) is 0 Å². The van der Waals surface area contributed by atoms with Crippen LogP contribution in [-0.2, 0) is 5.41 Å². The van der Waals surface area contributed by atoms with Crippen LogP contribution in [0.5, 0.6) is 11.6 Å². The summed E-state index contributed by atoms with van der Waals surface area (Å²) in [5.41, 5.74) is 8.83. The van der Waals surface area contributed by atoms with Gasteiger partial charge in [-0.3, -0.25) is 0 Å². The molecule has 0 atom stereocenters. The SMILES string of the molecule is Cc1ccnc(Oc2cccc(C(C)(C)C)c2)c1N. The molecule has 0 spiro atoms. The highest BCUT2D eigenvalue weighted by Gasteiger charge is 2.14. The lowest BCUT2D eigenvalue weighted by molar-refractivity contribution is 0.462. The van der Waals surface area contributed by atoms with Crippen LogP contribution < -0.4 is 10.5 Å². The normalized spacial score (nSPS) is 11.4. The van der Waals surface area contributed by atoms with E-state index in [1.807, 2.05) is 31.2 Å². The van der Waals surface area contributed by atoms with Gasteiger partial charge >= 0.3 is 0 Å². The molecular formula is C16H20N2O. The molecule has 100 valence electrons. The standard InChI is InChI=1S/C16H20N2O/c1-11-8-9-18-15(14(11)17)19-13-7-5-6-12(10-13)16(2,3)4/h5-10H,17H2,1-4H3. The van der Waals surface area contributed by atoms with Crippen molar-refractivity contribution < 1.29 is 4.74 Å². The molecule has 0 radical (unpaired) electrons. The lowest BCUT2D eigenvalue weighted by atomic mass is 9.87. The Labute approximate surface area is 114 Å². The van der Waals surface area contributed by atoms with Crippen LogP contribution in [0, 0.1) is 6.92 Å². The predicted octanol–water partition coefficient (Wildman–Crippen LogP) is 4.06. The van der Waals surface area contributed by atoms with Crippen molar-refractivity contribution in [3.8, 4) is 11.6 Å². The number of rotatable bonds is 2. The maximum absolute atomic E-state index is 5.97. The third-order valence-electron chi connectivity index (χ3n) is 3.09. The first kappa shape index (κ1) is 13.4. The van der Waals surface area contributed by atoms with Crippen LogP contribution in [0.15, 0.2) is 36.5 Å². The molecule has 1 heterocycles. The Bertz CT molecular complexity index is 586. The summed E-state index contributed by atoms with van der Waals surface area (Å²) in [4.78, 5) is 4.18. The van der Waals surface area contributed by atoms with Crippen LogP contribution >= 0.6 is 0 Å². The first-order chi connectivity index (χ1) is 8.88. The maximum Gasteiger partial charge on any atom is 0.242 e. The molecule has 0 saturated carbocycles. The Morgan fingerprint density at radius 3 is 2.58 bits per heavy atom. The van der Waals surface area contributed by atoms with Crippen molar-refractivity contribution in [2.45, 2.75) is 33.1 Å². The fraction of sp³-hybridized carbons (Fsp3) is 0.312. The summed E-state index contributed by atoms with van der Waals surface area (Å²) in [5.74, 6) is 1.23. The molecule has 0 bridgehead atoms. The molecule has 0 aliphatic carbocycles. The number of anilines is 1. The highest BCUT2D eigenvalue weighted by molar-refractivity contribution is 5.55. The van der Waals surface area contributed by atoms with Crippen LogP contribution in [0.2, 0.25) is 0 Å². The molecule has 1 aromatic heterocycles. The number of hydrogen-bond donors (Lipinski definition) is 1. The lowest BCUT2D eigenvalue weighted by Crippen LogP contribution is -2.10. The number of nitrogens with two attached hydrogens (primary N) is 1. The Morgan fingerprint density at radius 1 is 1.16 bits per heavy atom. The predicted molar refractivity (Wildman–Crippen MR) is 78.6 cm³/mol. The third kappa shape index (κ3) is 3.05. The fourth-order valence-electron chi connectivity index (χ4n) is 1.76. The summed E-state index contributed by atoms with van der Waals surface area (Å²) in [7, 11) is 0. The molecule has 2 rings (SSSR count). The highest BCUT2D eigenvalue weighted by atomic mass is 16.5. The molecule has 2 aromatic rings. The Morgan fingerprint density at radius 2 is 1.89 bits per heavy atom. The average Bonchev–Trinajstić information content (AvgIpc) is 2.34. The van der Waals surface area contributed by atoms with E-state index in [2.05, 4.69) is 31.8 Å². The van der Waals surface area contributed by atoms with Gasteiger partial charge in [0.1, 0.15) is 5.75 Å². The fourth-order valence-corrected chi connectivity index (χ4v) is 1.76. The first-order valence-corrected chi connectivity index (χ1v) is 6.37. The molecule has 1 aromatic carbocycles. The van der Waals surface area contributed by atoms with Crippen LogP contribution in [0.1, 0.15) is 31.9 Å². The maximum atomic E-state index is 5.97. The number of nitrogen functional groups attached to an aromatic ring is 1. The Kier molecular flexibility index (Phi) is 3.47. The average molecular weight is 256 g/mol. The summed E-state index contributed by atoms with van der Waals surface area (Å²) in [6.07, 6.45) is 1.70. The minimum atomic E-state index is 0.0882. The first-order valence-electron chi connectivity index (χ1n) is 6.37. The summed E-state index contributed by atoms with van der Waals surface area (Å²) < 4.78 is 5.79. The van der Waals surface area contributed by atoms with Crippen molar-refractivity contribution in [2.75, 3.05) is 5.73 Å². The van der Waals surface area contributed by atoms with Gasteiger partial charge in [0.25, 0.3) is 0 Å². The number of pyridine rings is 1. The molecule has 0 aliphatic heterocycles. The summed E-state index contributed by atoms with van der Waals surface area (Å²) in [6.45, 7) is 8.46. The molecule has 3 heteroatoms. The molecule has 0 unspecified atom stereocenters. The zero-order chi connectivity index (χ0) is 14.0. The van der Waals surface area contributed by atoms with Crippen LogP contribution in [0.4, 0.5) is 5.69 Å².